The van der Waals surface area contributed by atoms with Crippen LogP contribution in [-0.4, -0.2) is 30.0 Å². The molecule has 0 saturated carbocycles. The van der Waals surface area contributed by atoms with Gasteiger partial charge < -0.3 is 14.8 Å². The van der Waals surface area contributed by atoms with Gasteiger partial charge in [-0.1, -0.05) is 12.1 Å². The number of rotatable bonds is 8. The second-order valence-electron chi connectivity index (χ2n) is 4.62. The Morgan fingerprint density at radius 3 is 2.65 bits per heavy atom. The molecule has 0 atom stereocenters. The number of ether oxygens (including phenoxy) is 2. The van der Waals surface area contributed by atoms with Crippen molar-refractivity contribution in [1.82, 2.24) is 15.1 Å². The Labute approximate surface area is 119 Å². The van der Waals surface area contributed by atoms with Gasteiger partial charge in [0.15, 0.2) is 0 Å². The van der Waals surface area contributed by atoms with Crippen LogP contribution < -0.4 is 10.1 Å². The van der Waals surface area contributed by atoms with E-state index in [2.05, 4.69) is 22.5 Å². The van der Waals surface area contributed by atoms with Gasteiger partial charge in [0, 0.05) is 39.0 Å². The molecule has 0 bridgehead atoms. The summed E-state index contributed by atoms with van der Waals surface area (Å²) in [6.07, 6.45) is 3.77. The van der Waals surface area contributed by atoms with Crippen LogP contribution >= 0.6 is 0 Å². The second-order valence-corrected chi connectivity index (χ2v) is 4.62. The SMILES string of the molecule is COCCNCc1ccc(OCc2cnn(C)c2)cc1. The minimum absolute atomic E-state index is 0.541. The summed E-state index contributed by atoms with van der Waals surface area (Å²) in [5.41, 5.74) is 2.30. The summed E-state index contributed by atoms with van der Waals surface area (Å²) in [7, 11) is 3.60. The van der Waals surface area contributed by atoms with E-state index < -0.39 is 0 Å². The lowest BCUT2D eigenvalue weighted by Crippen LogP contribution is -2.18. The number of aryl methyl sites for hydroxylation is 1. The van der Waals surface area contributed by atoms with Crippen molar-refractivity contribution >= 4 is 0 Å². The normalized spacial score (nSPS) is 10.7. The molecule has 5 nitrogen and oxygen atoms in total. The number of aromatic nitrogens is 2. The zero-order valence-electron chi connectivity index (χ0n) is 12.0. The molecule has 0 unspecified atom stereocenters. The molecule has 1 aromatic carbocycles. The van der Waals surface area contributed by atoms with Crippen molar-refractivity contribution in [2.45, 2.75) is 13.2 Å². The zero-order chi connectivity index (χ0) is 14.2. The lowest BCUT2D eigenvalue weighted by Gasteiger charge is -2.07. The van der Waals surface area contributed by atoms with Gasteiger partial charge in [0.25, 0.3) is 0 Å². The lowest BCUT2D eigenvalue weighted by molar-refractivity contribution is 0.199. The van der Waals surface area contributed by atoms with Crippen LogP contribution in [0.5, 0.6) is 5.75 Å². The number of methoxy groups -OCH3 is 1. The largest absolute Gasteiger partial charge is 0.489 e. The first kappa shape index (κ1) is 14.6. The van der Waals surface area contributed by atoms with Crippen LogP contribution in [-0.2, 0) is 24.9 Å². The Kier molecular flexibility index (Phi) is 5.58. The summed E-state index contributed by atoms with van der Waals surface area (Å²) < 4.78 is 12.5. The first-order valence-electron chi connectivity index (χ1n) is 6.67. The first-order valence-corrected chi connectivity index (χ1v) is 6.67. The molecule has 0 aliphatic carbocycles. The number of nitrogens with zero attached hydrogens (tertiary/aromatic N) is 2. The maximum absolute atomic E-state index is 5.71. The molecule has 1 N–H and O–H groups in total. The van der Waals surface area contributed by atoms with Gasteiger partial charge in [0.05, 0.1) is 12.8 Å². The van der Waals surface area contributed by atoms with E-state index in [1.165, 1.54) is 5.56 Å². The predicted octanol–water partition coefficient (Wildman–Crippen LogP) is 1.74. The molecule has 0 spiro atoms. The van der Waals surface area contributed by atoms with Gasteiger partial charge in [-0.25, -0.2) is 0 Å². The minimum atomic E-state index is 0.541. The molecular weight excluding hydrogens is 254 g/mol. The van der Waals surface area contributed by atoms with E-state index in [0.717, 1.165) is 31.0 Å². The average Bonchev–Trinajstić information content (AvgIpc) is 2.88. The number of hydrogen-bond acceptors (Lipinski definition) is 4. The molecule has 2 rings (SSSR count). The van der Waals surface area contributed by atoms with E-state index in [1.54, 1.807) is 11.8 Å². The van der Waals surface area contributed by atoms with Crippen molar-refractivity contribution in [2.24, 2.45) is 7.05 Å². The summed E-state index contributed by atoms with van der Waals surface area (Å²) in [6, 6.07) is 8.12. The van der Waals surface area contributed by atoms with Gasteiger partial charge in [-0.15, -0.1) is 0 Å². The lowest BCUT2D eigenvalue weighted by atomic mass is 10.2. The standard InChI is InChI=1S/C15H21N3O2/c1-18-11-14(10-17-18)12-20-15-5-3-13(4-6-15)9-16-7-8-19-2/h3-6,10-11,16H,7-9,12H2,1-2H3. The van der Waals surface area contributed by atoms with Crippen molar-refractivity contribution < 1.29 is 9.47 Å². The maximum Gasteiger partial charge on any atom is 0.119 e. The van der Waals surface area contributed by atoms with Crippen molar-refractivity contribution in [3.63, 3.8) is 0 Å². The fourth-order valence-corrected chi connectivity index (χ4v) is 1.82. The highest BCUT2D eigenvalue weighted by Crippen LogP contribution is 2.14. The molecule has 2 aromatic rings. The number of hydrogen-bond donors (Lipinski definition) is 1. The second kappa shape index (κ2) is 7.67. The van der Waals surface area contributed by atoms with Crippen LogP contribution in [0.15, 0.2) is 36.7 Å². The van der Waals surface area contributed by atoms with Crippen LogP contribution in [0.2, 0.25) is 0 Å². The number of nitrogens with one attached hydrogen (secondary N) is 1. The highest BCUT2D eigenvalue weighted by Gasteiger charge is 1.99. The third-order valence-corrected chi connectivity index (χ3v) is 2.90. The van der Waals surface area contributed by atoms with E-state index >= 15 is 0 Å². The van der Waals surface area contributed by atoms with E-state index in [-0.39, 0.29) is 0 Å². The van der Waals surface area contributed by atoms with Gasteiger partial charge in [-0.05, 0) is 17.7 Å². The maximum atomic E-state index is 5.71. The van der Waals surface area contributed by atoms with Crippen LogP contribution in [0.25, 0.3) is 0 Å². The van der Waals surface area contributed by atoms with Gasteiger partial charge in [0.2, 0.25) is 0 Å². The summed E-state index contributed by atoms with van der Waals surface area (Å²) >= 11 is 0. The zero-order valence-corrected chi connectivity index (χ0v) is 12.0. The van der Waals surface area contributed by atoms with E-state index in [0.29, 0.717) is 6.61 Å². The fraction of sp³-hybridized carbons (Fsp3) is 0.400. The molecule has 0 radical (unpaired) electrons. The Hall–Kier alpha value is -1.85. The molecule has 5 heteroatoms. The molecule has 0 aliphatic rings. The van der Waals surface area contributed by atoms with E-state index in [9.17, 15) is 0 Å². The topological polar surface area (TPSA) is 48.3 Å². The Morgan fingerprint density at radius 2 is 2.00 bits per heavy atom. The average molecular weight is 275 g/mol. The quantitative estimate of drug-likeness (QED) is 0.745. The Morgan fingerprint density at radius 1 is 1.20 bits per heavy atom. The van der Waals surface area contributed by atoms with Gasteiger partial charge >= 0.3 is 0 Å². The Balaban J connectivity index is 1.76. The third-order valence-electron chi connectivity index (χ3n) is 2.90. The summed E-state index contributed by atoms with van der Waals surface area (Å²) in [6.45, 7) is 2.97. The van der Waals surface area contributed by atoms with Crippen LogP contribution in [0.1, 0.15) is 11.1 Å². The monoisotopic (exact) mass is 275 g/mol. The smallest absolute Gasteiger partial charge is 0.119 e. The number of benzene rings is 1. The molecule has 1 heterocycles. The highest BCUT2D eigenvalue weighted by atomic mass is 16.5. The van der Waals surface area contributed by atoms with Crippen LogP contribution in [0.3, 0.4) is 0 Å². The first-order chi connectivity index (χ1) is 9.78. The van der Waals surface area contributed by atoms with Crippen LogP contribution in [0.4, 0.5) is 0 Å². The highest BCUT2D eigenvalue weighted by molar-refractivity contribution is 5.27. The molecule has 0 aliphatic heterocycles. The molecule has 0 amide bonds. The third kappa shape index (κ3) is 4.68. The summed E-state index contributed by atoms with van der Waals surface area (Å²) in [5.74, 6) is 0.870. The van der Waals surface area contributed by atoms with Gasteiger partial charge in [0.1, 0.15) is 12.4 Å². The van der Waals surface area contributed by atoms with Crippen molar-refractivity contribution in [2.75, 3.05) is 20.3 Å². The van der Waals surface area contributed by atoms with Crippen molar-refractivity contribution in [3.8, 4) is 5.75 Å². The van der Waals surface area contributed by atoms with Crippen LogP contribution in [0, 0.1) is 0 Å². The molecule has 108 valence electrons. The fourth-order valence-electron chi connectivity index (χ4n) is 1.82. The summed E-state index contributed by atoms with van der Waals surface area (Å²) in [5, 5.41) is 7.42. The molecular formula is C15H21N3O2. The van der Waals surface area contributed by atoms with E-state index in [1.807, 2.05) is 31.6 Å². The van der Waals surface area contributed by atoms with Crippen molar-refractivity contribution in [1.29, 1.82) is 0 Å². The van der Waals surface area contributed by atoms with Gasteiger partial charge in [-0.3, -0.25) is 4.68 Å². The minimum Gasteiger partial charge on any atom is -0.489 e. The van der Waals surface area contributed by atoms with E-state index in [4.69, 9.17) is 9.47 Å². The molecule has 1 aromatic heterocycles. The summed E-state index contributed by atoms with van der Waals surface area (Å²) in [4.78, 5) is 0. The molecule has 0 saturated heterocycles. The predicted molar refractivity (Wildman–Crippen MR) is 77.6 cm³/mol. The van der Waals surface area contributed by atoms with Gasteiger partial charge in [-0.2, -0.15) is 5.10 Å². The molecule has 0 fully saturated rings. The van der Waals surface area contributed by atoms with Crippen molar-refractivity contribution in [3.05, 3.63) is 47.8 Å². The molecule has 20 heavy (non-hydrogen) atoms. The Bertz CT molecular complexity index is 508.